The third kappa shape index (κ3) is 3.53. The average molecular weight is 401 g/mol. The highest BCUT2D eigenvalue weighted by Crippen LogP contribution is 2.37. The monoisotopic (exact) mass is 401 g/mol. The van der Waals surface area contributed by atoms with E-state index in [0.717, 1.165) is 17.7 Å². The number of anilines is 1. The van der Waals surface area contributed by atoms with Crippen LogP contribution in [0.1, 0.15) is 24.4 Å². The van der Waals surface area contributed by atoms with Crippen molar-refractivity contribution < 1.29 is 9.21 Å². The summed E-state index contributed by atoms with van der Waals surface area (Å²) in [5, 5.41) is 12.6. The molecule has 0 bridgehead atoms. The first-order valence-corrected chi connectivity index (χ1v) is 9.74. The van der Waals surface area contributed by atoms with Crippen LogP contribution < -0.4 is 10.2 Å². The molecular formula is C23H19N3O2S. The van der Waals surface area contributed by atoms with Crippen molar-refractivity contribution in [2.45, 2.75) is 19.5 Å². The molecule has 1 aliphatic heterocycles. The highest BCUT2D eigenvalue weighted by Gasteiger charge is 2.35. The number of carbonyl (C=O) groups excluding carboxylic acids is 1. The first-order chi connectivity index (χ1) is 14.1. The predicted octanol–water partition coefficient (Wildman–Crippen LogP) is 4.81. The maximum Gasteiger partial charge on any atom is 0.266 e. The van der Waals surface area contributed by atoms with E-state index >= 15 is 0 Å². The molecule has 1 aliphatic rings. The molecule has 1 aromatic heterocycles. The van der Waals surface area contributed by atoms with Crippen LogP contribution in [0.25, 0.3) is 11.3 Å². The zero-order chi connectivity index (χ0) is 20.4. The Balaban J connectivity index is 1.78. The normalized spacial score (nSPS) is 16.5. The lowest BCUT2D eigenvalue weighted by Crippen LogP contribution is -2.45. The summed E-state index contributed by atoms with van der Waals surface area (Å²) in [5.41, 5.74) is 2.92. The van der Waals surface area contributed by atoms with E-state index in [1.807, 2.05) is 72.8 Å². The minimum absolute atomic E-state index is 0.0287. The third-order valence-corrected chi connectivity index (χ3v) is 5.33. The molecule has 1 N–H and O–H groups in total. The van der Waals surface area contributed by atoms with Crippen LogP contribution in [0.3, 0.4) is 0 Å². The van der Waals surface area contributed by atoms with E-state index < -0.39 is 12.1 Å². The molecule has 2 heterocycles. The van der Waals surface area contributed by atoms with Gasteiger partial charge in [-0.2, -0.15) is 5.26 Å². The number of nitrogens with one attached hydrogen (secondary N) is 1. The van der Waals surface area contributed by atoms with Crippen LogP contribution in [0.4, 0.5) is 5.69 Å². The number of nitrogens with zero attached hydrogens (tertiary/aromatic N) is 2. The van der Waals surface area contributed by atoms with Gasteiger partial charge in [0.25, 0.3) is 5.91 Å². The Morgan fingerprint density at radius 3 is 2.48 bits per heavy atom. The van der Waals surface area contributed by atoms with Gasteiger partial charge in [-0.05, 0) is 36.2 Å². The molecule has 5 nitrogen and oxygen atoms in total. The quantitative estimate of drug-likeness (QED) is 0.616. The van der Waals surface area contributed by atoms with Crippen LogP contribution in [0.5, 0.6) is 0 Å². The average Bonchev–Trinajstić information content (AvgIpc) is 3.25. The molecule has 1 unspecified atom stereocenters. The second-order valence-corrected chi connectivity index (χ2v) is 7.07. The Morgan fingerprint density at radius 1 is 1.10 bits per heavy atom. The van der Waals surface area contributed by atoms with Crippen molar-refractivity contribution in [3.63, 3.8) is 0 Å². The molecule has 0 radical (unpaired) electrons. The summed E-state index contributed by atoms with van der Waals surface area (Å²) < 4.78 is 6.08. The topological polar surface area (TPSA) is 69.3 Å². The molecule has 6 heteroatoms. The molecule has 29 heavy (non-hydrogen) atoms. The summed E-state index contributed by atoms with van der Waals surface area (Å²) in [5.74, 6) is 0.786. The number of furan rings is 1. The van der Waals surface area contributed by atoms with Gasteiger partial charge in [-0.15, -0.1) is 12.6 Å². The van der Waals surface area contributed by atoms with Gasteiger partial charge in [0.2, 0.25) is 0 Å². The number of hydrogen-bond donors (Lipinski definition) is 2. The van der Waals surface area contributed by atoms with Crippen LogP contribution in [-0.4, -0.2) is 5.91 Å². The van der Waals surface area contributed by atoms with E-state index in [1.54, 1.807) is 4.90 Å². The van der Waals surface area contributed by atoms with E-state index in [-0.39, 0.29) is 5.57 Å². The van der Waals surface area contributed by atoms with Crippen LogP contribution in [0.2, 0.25) is 0 Å². The fourth-order valence-electron chi connectivity index (χ4n) is 3.33. The molecular weight excluding hydrogens is 382 g/mol. The zero-order valence-corrected chi connectivity index (χ0v) is 16.7. The van der Waals surface area contributed by atoms with Crippen molar-refractivity contribution >= 4 is 24.2 Å². The minimum atomic E-state index is -0.614. The van der Waals surface area contributed by atoms with E-state index in [1.165, 1.54) is 5.56 Å². The Bertz CT molecular complexity index is 1110. The van der Waals surface area contributed by atoms with Crippen LogP contribution >= 0.6 is 12.6 Å². The Kier molecular flexibility index (Phi) is 5.15. The molecule has 4 rings (SSSR count). The molecule has 2 aromatic carbocycles. The van der Waals surface area contributed by atoms with Gasteiger partial charge < -0.3 is 14.6 Å². The number of aryl methyl sites for hydroxylation is 1. The second-order valence-electron chi connectivity index (χ2n) is 6.64. The van der Waals surface area contributed by atoms with Gasteiger partial charge >= 0.3 is 0 Å². The van der Waals surface area contributed by atoms with Crippen molar-refractivity contribution in [1.82, 2.24) is 5.32 Å². The van der Waals surface area contributed by atoms with Crippen molar-refractivity contribution in [3.05, 3.63) is 88.7 Å². The highest BCUT2D eigenvalue weighted by atomic mass is 32.1. The molecule has 144 valence electrons. The van der Waals surface area contributed by atoms with Gasteiger partial charge in [-0.1, -0.05) is 49.4 Å². The molecule has 1 atom stereocenters. The Hall–Kier alpha value is -3.43. The molecule has 0 saturated carbocycles. The standard InChI is InChI=1S/C23H19N3O2S/c1-2-15-8-10-17(11-9-15)26-21(25-22(27)18(14-24)23(26)29)20-13-12-19(28-20)16-6-4-3-5-7-16/h3-13,21,29H,2H2,1H3,(H,25,27). The first kappa shape index (κ1) is 18.9. The van der Waals surface area contributed by atoms with Crippen LogP contribution in [0.15, 0.2) is 81.7 Å². The number of hydrogen-bond acceptors (Lipinski definition) is 5. The second kappa shape index (κ2) is 7.90. The number of nitriles is 1. The number of benzene rings is 2. The fourth-order valence-corrected chi connectivity index (χ4v) is 3.71. The minimum Gasteiger partial charge on any atom is -0.457 e. The van der Waals surface area contributed by atoms with Gasteiger partial charge in [0.15, 0.2) is 6.17 Å². The van der Waals surface area contributed by atoms with E-state index in [4.69, 9.17) is 4.42 Å². The molecule has 0 aliphatic carbocycles. The fraction of sp³-hybridized carbons (Fsp3) is 0.130. The lowest BCUT2D eigenvalue weighted by molar-refractivity contribution is -0.118. The summed E-state index contributed by atoms with van der Waals surface area (Å²) in [7, 11) is 0. The predicted molar refractivity (Wildman–Crippen MR) is 115 cm³/mol. The number of rotatable bonds is 4. The van der Waals surface area contributed by atoms with Gasteiger partial charge in [0, 0.05) is 11.3 Å². The van der Waals surface area contributed by atoms with Crippen LogP contribution in [0, 0.1) is 11.3 Å². The third-order valence-electron chi connectivity index (χ3n) is 4.89. The number of amides is 1. The van der Waals surface area contributed by atoms with Gasteiger partial charge in [-0.3, -0.25) is 4.79 Å². The van der Waals surface area contributed by atoms with Gasteiger partial charge in [0.1, 0.15) is 23.2 Å². The first-order valence-electron chi connectivity index (χ1n) is 9.30. The van der Waals surface area contributed by atoms with Gasteiger partial charge in [0.05, 0.1) is 5.03 Å². The Morgan fingerprint density at radius 2 is 1.83 bits per heavy atom. The molecule has 0 spiro atoms. The van der Waals surface area contributed by atoms with Crippen molar-refractivity contribution in [1.29, 1.82) is 5.26 Å². The number of thiol groups is 1. The maximum absolute atomic E-state index is 12.5. The molecule has 1 amide bonds. The van der Waals surface area contributed by atoms with E-state index in [9.17, 15) is 10.1 Å². The molecule has 0 saturated heterocycles. The van der Waals surface area contributed by atoms with Crippen molar-refractivity contribution in [2.75, 3.05) is 4.90 Å². The van der Waals surface area contributed by atoms with E-state index in [2.05, 4.69) is 24.9 Å². The summed E-state index contributed by atoms with van der Waals surface area (Å²) in [6, 6.07) is 23.3. The Labute approximate surface area is 174 Å². The maximum atomic E-state index is 12.5. The van der Waals surface area contributed by atoms with Crippen molar-refractivity contribution in [3.8, 4) is 17.4 Å². The van der Waals surface area contributed by atoms with Gasteiger partial charge in [-0.25, -0.2) is 0 Å². The summed E-state index contributed by atoms with van der Waals surface area (Å²) in [6.45, 7) is 2.09. The van der Waals surface area contributed by atoms with Crippen molar-refractivity contribution in [2.24, 2.45) is 0 Å². The summed E-state index contributed by atoms with van der Waals surface area (Å²) >= 11 is 4.52. The molecule has 3 aromatic rings. The lowest BCUT2D eigenvalue weighted by atomic mass is 10.1. The number of carbonyl (C=O) groups is 1. The van der Waals surface area contributed by atoms with E-state index in [0.29, 0.717) is 16.5 Å². The smallest absolute Gasteiger partial charge is 0.266 e. The SMILES string of the molecule is CCc1ccc(N2C(S)=C(C#N)C(=O)NC2c2ccc(-c3ccccc3)o2)cc1. The largest absolute Gasteiger partial charge is 0.457 e. The zero-order valence-electron chi connectivity index (χ0n) is 15.8. The van der Waals surface area contributed by atoms with Crippen LogP contribution in [-0.2, 0) is 11.2 Å². The summed E-state index contributed by atoms with van der Waals surface area (Å²) in [6.07, 6.45) is 0.309. The highest BCUT2D eigenvalue weighted by molar-refractivity contribution is 7.84. The lowest BCUT2D eigenvalue weighted by Gasteiger charge is -2.36. The summed E-state index contributed by atoms with van der Waals surface area (Å²) in [4.78, 5) is 14.3. The molecule has 0 fully saturated rings.